The summed E-state index contributed by atoms with van der Waals surface area (Å²) in [6.45, 7) is 4.64. The molecule has 0 atom stereocenters. The Kier molecular flexibility index (Phi) is 6.77. The van der Waals surface area contributed by atoms with Crippen LogP contribution in [0.3, 0.4) is 0 Å². The molecular formula is C28H24N4O2S. The van der Waals surface area contributed by atoms with Crippen molar-refractivity contribution in [2.45, 2.75) is 18.3 Å². The lowest BCUT2D eigenvalue weighted by molar-refractivity contribution is -0.113. The maximum atomic E-state index is 12.7. The molecule has 1 aromatic heterocycles. The van der Waals surface area contributed by atoms with Gasteiger partial charge in [0, 0.05) is 23.0 Å². The van der Waals surface area contributed by atoms with Gasteiger partial charge in [-0.3, -0.25) is 9.36 Å². The fourth-order valence-electron chi connectivity index (χ4n) is 3.96. The van der Waals surface area contributed by atoms with Crippen molar-refractivity contribution >= 4 is 44.9 Å². The number of ether oxygens (including phenoxy) is 1. The average molecular weight is 481 g/mol. The Hall–Kier alpha value is -4.10. The molecule has 7 heteroatoms. The number of allylic oxidation sites excluding steroid dienone is 1. The van der Waals surface area contributed by atoms with Gasteiger partial charge in [0.25, 0.3) is 0 Å². The van der Waals surface area contributed by atoms with Gasteiger partial charge >= 0.3 is 0 Å². The zero-order valence-electron chi connectivity index (χ0n) is 19.1. The molecule has 0 saturated carbocycles. The minimum Gasteiger partial charge on any atom is -0.485 e. The maximum Gasteiger partial charge on any atom is 0.234 e. The summed E-state index contributed by atoms with van der Waals surface area (Å²) in [6, 6.07) is 27.9. The Morgan fingerprint density at radius 3 is 2.40 bits per heavy atom. The van der Waals surface area contributed by atoms with Gasteiger partial charge in [-0.25, -0.2) is 0 Å². The number of rotatable bonds is 9. The van der Waals surface area contributed by atoms with Gasteiger partial charge in [-0.2, -0.15) is 0 Å². The van der Waals surface area contributed by atoms with Crippen LogP contribution in [0.5, 0.6) is 5.75 Å². The summed E-state index contributed by atoms with van der Waals surface area (Å²) >= 11 is 1.34. The Morgan fingerprint density at radius 1 is 0.914 bits per heavy atom. The molecule has 0 unspecified atom stereocenters. The number of carbonyl (C=O) groups excluding carboxylic acids is 1. The van der Waals surface area contributed by atoms with Crippen LogP contribution >= 0.6 is 11.8 Å². The van der Waals surface area contributed by atoms with E-state index in [0.717, 1.165) is 33.0 Å². The van der Waals surface area contributed by atoms with Gasteiger partial charge in [0.05, 0.1) is 5.75 Å². The predicted molar refractivity (Wildman–Crippen MR) is 142 cm³/mol. The number of nitrogens with one attached hydrogen (secondary N) is 1. The molecule has 5 rings (SSSR count). The first-order valence-corrected chi connectivity index (χ1v) is 12.3. The highest BCUT2D eigenvalue weighted by Crippen LogP contribution is 2.27. The molecule has 6 nitrogen and oxygen atoms in total. The van der Waals surface area contributed by atoms with Gasteiger partial charge in [0.2, 0.25) is 5.91 Å². The molecule has 1 heterocycles. The SMILES string of the molecule is C=CCn1c(COc2cccc3ccccc23)nnc1SCC(=O)Nc1cccc2ccccc12. The number of benzene rings is 4. The molecule has 0 spiro atoms. The van der Waals surface area contributed by atoms with E-state index in [1.165, 1.54) is 11.8 Å². The summed E-state index contributed by atoms with van der Waals surface area (Å²) in [7, 11) is 0. The van der Waals surface area contributed by atoms with Crippen molar-refractivity contribution < 1.29 is 9.53 Å². The van der Waals surface area contributed by atoms with Crippen molar-refractivity contribution in [1.29, 1.82) is 0 Å². The van der Waals surface area contributed by atoms with E-state index >= 15 is 0 Å². The zero-order chi connectivity index (χ0) is 24.0. The number of carbonyl (C=O) groups is 1. The van der Waals surface area contributed by atoms with E-state index in [4.69, 9.17) is 4.74 Å². The Bertz CT molecular complexity index is 1500. The van der Waals surface area contributed by atoms with Crippen LogP contribution in [0.25, 0.3) is 21.5 Å². The Balaban J connectivity index is 1.27. The van der Waals surface area contributed by atoms with E-state index in [1.54, 1.807) is 6.08 Å². The van der Waals surface area contributed by atoms with Crippen molar-refractivity contribution in [3.05, 3.63) is 103 Å². The second-order valence-electron chi connectivity index (χ2n) is 7.93. The van der Waals surface area contributed by atoms with E-state index < -0.39 is 0 Å². The van der Waals surface area contributed by atoms with Gasteiger partial charge in [-0.05, 0) is 22.9 Å². The van der Waals surface area contributed by atoms with Crippen LogP contribution in [-0.2, 0) is 17.9 Å². The molecule has 35 heavy (non-hydrogen) atoms. The summed E-state index contributed by atoms with van der Waals surface area (Å²) < 4.78 is 8.03. The van der Waals surface area contributed by atoms with Crippen LogP contribution in [0.1, 0.15) is 5.82 Å². The molecule has 0 radical (unpaired) electrons. The van der Waals surface area contributed by atoms with Crippen LogP contribution < -0.4 is 10.1 Å². The van der Waals surface area contributed by atoms with Gasteiger partial charge in [-0.15, -0.1) is 16.8 Å². The van der Waals surface area contributed by atoms with Crippen LogP contribution in [0, 0.1) is 0 Å². The first-order valence-electron chi connectivity index (χ1n) is 11.3. The molecule has 174 valence electrons. The third kappa shape index (κ3) is 5.05. The van der Waals surface area contributed by atoms with Crippen molar-refractivity contribution in [3.8, 4) is 5.75 Å². The van der Waals surface area contributed by atoms with Crippen LogP contribution in [0.2, 0.25) is 0 Å². The first-order chi connectivity index (χ1) is 17.2. The highest BCUT2D eigenvalue weighted by atomic mass is 32.2. The predicted octanol–water partition coefficient (Wildman–Crippen LogP) is 6.08. The third-order valence-corrected chi connectivity index (χ3v) is 6.57. The number of nitrogens with zero attached hydrogens (tertiary/aromatic N) is 3. The highest BCUT2D eigenvalue weighted by molar-refractivity contribution is 7.99. The van der Waals surface area contributed by atoms with Crippen molar-refractivity contribution in [2.75, 3.05) is 11.1 Å². The average Bonchev–Trinajstić information content (AvgIpc) is 3.28. The Morgan fingerprint density at radius 2 is 1.60 bits per heavy atom. The second kappa shape index (κ2) is 10.4. The monoisotopic (exact) mass is 480 g/mol. The summed E-state index contributed by atoms with van der Waals surface area (Å²) in [5, 5.41) is 16.5. The fraction of sp³-hybridized carbons (Fsp3) is 0.107. The Labute approximate surface area is 207 Å². The van der Waals surface area contributed by atoms with E-state index in [0.29, 0.717) is 17.5 Å². The number of anilines is 1. The zero-order valence-corrected chi connectivity index (χ0v) is 19.9. The van der Waals surface area contributed by atoms with E-state index in [-0.39, 0.29) is 18.3 Å². The van der Waals surface area contributed by atoms with Crippen LogP contribution in [-0.4, -0.2) is 26.4 Å². The van der Waals surface area contributed by atoms with Crippen molar-refractivity contribution in [3.63, 3.8) is 0 Å². The highest BCUT2D eigenvalue weighted by Gasteiger charge is 2.15. The smallest absolute Gasteiger partial charge is 0.234 e. The number of hydrogen-bond acceptors (Lipinski definition) is 5. The van der Waals surface area contributed by atoms with Crippen molar-refractivity contribution in [2.24, 2.45) is 0 Å². The number of amides is 1. The summed E-state index contributed by atoms with van der Waals surface area (Å²) in [5.74, 6) is 1.57. The van der Waals surface area contributed by atoms with Gasteiger partial charge in [-0.1, -0.05) is 90.6 Å². The number of thioether (sulfide) groups is 1. The largest absolute Gasteiger partial charge is 0.485 e. The summed E-state index contributed by atoms with van der Waals surface area (Å²) in [6.07, 6.45) is 1.78. The van der Waals surface area contributed by atoms with E-state index in [9.17, 15) is 4.79 Å². The molecular weight excluding hydrogens is 456 g/mol. The van der Waals surface area contributed by atoms with Crippen LogP contribution in [0.15, 0.2) is 103 Å². The molecule has 0 fully saturated rings. The van der Waals surface area contributed by atoms with Gasteiger partial charge in [0.1, 0.15) is 12.4 Å². The first kappa shape index (κ1) is 22.7. The third-order valence-electron chi connectivity index (χ3n) is 5.61. The lowest BCUT2D eigenvalue weighted by Gasteiger charge is -2.11. The molecule has 0 aliphatic carbocycles. The van der Waals surface area contributed by atoms with E-state index in [2.05, 4.69) is 34.2 Å². The topological polar surface area (TPSA) is 69.0 Å². The number of aromatic nitrogens is 3. The van der Waals surface area contributed by atoms with Crippen LogP contribution in [0.4, 0.5) is 5.69 Å². The molecule has 1 N–H and O–H groups in total. The minimum atomic E-state index is -0.104. The normalized spacial score (nSPS) is 11.0. The minimum absolute atomic E-state index is 0.104. The molecule has 5 aromatic rings. The maximum absolute atomic E-state index is 12.7. The van der Waals surface area contributed by atoms with Crippen molar-refractivity contribution in [1.82, 2.24) is 14.8 Å². The molecule has 0 aliphatic heterocycles. The van der Waals surface area contributed by atoms with Gasteiger partial charge < -0.3 is 10.1 Å². The number of fused-ring (bicyclic) bond motifs is 2. The second-order valence-corrected chi connectivity index (χ2v) is 8.87. The van der Waals surface area contributed by atoms with Gasteiger partial charge in [0.15, 0.2) is 11.0 Å². The molecule has 0 aliphatic rings. The molecule has 1 amide bonds. The number of hydrogen-bond donors (Lipinski definition) is 1. The fourth-order valence-corrected chi connectivity index (χ4v) is 4.73. The standard InChI is InChI=1S/C28H24N4O2S/c1-2-17-32-26(18-34-25-16-8-12-21-10-4-6-14-23(21)25)30-31-28(32)35-19-27(33)29-24-15-7-11-20-9-3-5-13-22(20)24/h2-16H,1,17-19H2,(H,29,33). The lowest BCUT2D eigenvalue weighted by Crippen LogP contribution is -2.15. The van der Waals surface area contributed by atoms with E-state index in [1.807, 2.05) is 77.4 Å². The lowest BCUT2D eigenvalue weighted by atomic mass is 10.1. The molecule has 0 saturated heterocycles. The quantitative estimate of drug-likeness (QED) is 0.205. The summed E-state index contributed by atoms with van der Waals surface area (Å²) in [4.78, 5) is 12.7. The summed E-state index contributed by atoms with van der Waals surface area (Å²) in [5.41, 5.74) is 0.797. The molecule has 0 bridgehead atoms. The molecule has 4 aromatic carbocycles.